The molecule has 0 saturated carbocycles. The summed E-state index contributed by atoms with van der Waals surface area (Å²) in [6.07, 6.45) is 3.55. The molecule has 0 aliphatic carbocycles. The second-order valence-corrected chi connectivity index (χ2v) is 5.99. The van der Waals surface area contributed by atoms with Crippen LogP contribution in [-0.2, 0) is 6.54 Å². The highest BCUT2D eigenvalue weighted by molar-refractivity contribution is 5.99. The van der Waals surface area contributed by atoms with Crippen LogP contribution in [0, 0.1) is 6.92 Å². The lowest BCUT2D eigenvalue weighted by molar-refractivity contribution is 0.0950. The molecule has 2 aromatic carbocycles. The van der Waals surface area contributed by atoms with Gasteiger partial charge < -0.3 is 5.32 Å². The second kappa shape index (κ2) is 6.76. The van der Waals surface area contributed by atoms with Crippen LogP contribution in [0.4, 0.5) is 0 Å². The number of pyridine rings is 1. The lowest BCUT2D eigenvalue weighted by Crippen LogP contribution is -2.23. The highest BCUT2D eigenvalue weighted by Gasteiger charge is 2.10. The normalized spacial score (nSPS) is 10.8. The van der Waals surface area contributed by atoms with Gasteiger partial charge >= 0.3 is 0 Å². The zero-order valence-corrected chi connectivity index (χ0v) is 14.1. The molecule has 0 fully saturated rings. The summed E-state index contributed by atoms with van der Waals surface area (Å²) in [5, 5.41) is 12.4. The molecule has 0 radical (unpaired) electrons. The monoisotopic (exact) mass is 344 g/mol. The summed E-state index contributed by atoms with van der Waals surface area (Å²) in [5.41, 5.74) is 4.13. The summed E-state index contributed by atoms with van der Waals surface area (Å²) in [4.78, 5) is 16.4. The van der Waals surface area contributed by atoms with Gasteiger partial charge in [0.05, 0.1) is 6.54 Å². The van der Waals surface area contributed by atoms with Gasteiger partial charge in [0.15, 0.2) is 0 Å². The number of rotatable bonds is 4. The minimum absolute atomic E-state index is 0.160. The molecule has 1 N–H and O–H groups in total. The van der Waals surface area contributed by atoms with Crippen LogP contribution in [-0.4, -0.2) is 21.2 Å². The Hall–Kier alpha value is -3.54. The number of benzene rings is 2. The van der Waals surface area contributed by atoms with Crippen molar-refractivity contribution in [2.24, 2.45) is 0 Å². The summed E-state index contributed by atoms with van der Waals surface area (Å²) in [6, 6.07) is 15.8. The Labute approximate surface area is 149 Å². The number of nitrogens with zero attached hydrogens (tertiary/aromatic N) is 3. The molecule has 128 valence electrons. The third-order valence-electron chi connectivity index (χ3n) is 4.28. The Morgan fingerprint density at radius 3 is 2.50 bits per heavy atom. The van der Waals surface area contributed by atoms with Crippen LogP contribution in [0.3, 0.4) is 0 Å². The van der Waals surface area contributed by atoms with E-state index >= 15 is 0 Å². The SMILES string of the molecule is Cc1nonc1CNC(=O)c1ccc2cc(-c3ccncc3)ccc2c1. The molecule has 2 heterocycles. The molecule has 0 aliphatic rings. The van der Waals surface area contributed by atoms with E-state index in [2.05, 4.69) is 31.3 Å². The third-order valence-corrected chi connectivity index (χ3v) is 4.28. The van der Waals surface area contributed by atoms with Crippen molar-refractivity contribution >= 4 is 16.7 Å². The summed E-state index contributed by atoms with van der Waals surface area (Å²) < 4.78 is 4.63. The van der Waals surface area contributed by atoms with Crippen molar-refractivity contribution in [1.82, 2.24) is 20.6 Å². The van der Waals surface area contributed by atoms with E-state index in [1.54, 1.807) is 19.3 Å². The molecule has 6 nitrogen and oxygen atoms in total. The number of carbonyl (C=O) groups excluding carboxylic acids is 1. The molecule has 4 aromatic rings. The summed E-state index contributed by atoms with van der Waals surface area (Å²) >= 11 is 0. The van der Waals surface area contributed by atoms with Crippen molar-refractivity contribution in [3.63, 3.8) is 0 Å². The van der Waals surface area contributed by atoms with Gasteiger partial charge in [-0.2, -0.15) is 0 Å². The van der Waals surface area contributed by atoms with Crippen LogP contribution in [0.25, 0.3) is 21.9 Å². The number of aryl methyl sites for hydroxylation is 1. The zero-order chi connectivity index (χ0) is 17.9. The number of hydrogen-bond donors (Lipinski definition) is 1. The molecule has 0 spiro atoms. The van der Waals surface area contributed by atoms with E-state index in [1.165, 1.54) is 0 Å². The van der Waals surface area contributed by atoms with Crippen LogP contribution < -0.4 is 5.32 Å². The van der Waals surface area contributed by atoms with E-state index in [9.17, 15) is 4.79 Å². The second-order valence-electron chi connectivity index (χ2n) is 5.99. The first kappa shape index (κ1) is 16.0. The molecule has 0 aliphatic heterocycles. The maximum atomic E-state index is 12.4. The zero-order valence-electron chi connectivity index (χ0n) is 14.1. The number of fused-ring (bicyclic) bond motifs is 1. The average Bonchev–Trinajstić information content (AvgIpc) is 3.10. The highest BCUT2D eigenvalue weighted by Crippen LogP contribution is 2.24. The van der Waals surface area contributed by atoms with E-state index in [0.29, 0.717) is 17.0 Å². The fraction of sp³-hybridized carbons (Fsp3) is 0.100. The van der Waals surface area contributed by atoms with E-state index in [0.717, 1.165) is 21.9 Å². The predicted molar refractivity (Wildman–Crippen MR) is 97.4 cm³/mol. The lowest BCUT2D eigenvalue weighted by atomic mass is 10.0. The van der Waals surface area contributed by atoms with Crippen LogP contribution >= 0.6 is 0 Å². The Morgan fingerprint density at radius 1 is 0.962 bits per heavy atom. The van der Waals surface area contributed by atoms with Crippen molar-refractivity contribution in [2.45, 2.75) is 13.5 Å². The lowest BCUT2D eigenvalue weighted by Gasteiger charge is -2.07. The summed E-state index contributed by atoms with van der Waals surface area (Å²) in [7, 11) is 0. The topological polar surface area (TPSA) is 80.9 Å². The minimum atomic E-state index is -0.160. The number of hydrogen-bond acceptors (Lipinski definition) is 5. The van der Waals surface area contributed by atoms with Crippen molar-refractivity contribution in [1.29, 1.82) is 0 Å². The number of nitrogens with one attached hydrogen (secondary N) is 1. The number of amides is 1. The summed E-state index contributed by atoms with van der Waals surface area (Å²) in [5.74, 6) is -0.160. The Kier molecular flexibility index (Phi) is 4.15. The summed E-state index contributed by atoms with van der Waals surface area (Å²) in [6.45, 7) is 2.07. The Balaban J connectivity index is 1.56. The van der Waals surface area contributed by atoms with Crippen molar-refractivity contribution in [2.75, 3.05) is 0 Å². The van der Waals surface area contributed by atoms with E-state index in [-0.39, 0.29) is 12.5 Å². The van der Waals surface area contributed by atoms with Crippen molar-refractivity contribution < 1.29 is 9.42 Å². The van der Waals surface area contributed by atoms with Gasteiger partial charge in [-0.3, -0.25) is 9.78 Å². The predicted octanol–water partition coefficient (Wildman–Crippen LogP) is 3.52. The van der Waals surface area contributed by atoms with Crippen LogP contribution in [0.15, 0.2) is 65.6 Å². The standard InChI is InChI=1S/C20H16N4O2/c1-13-19(24-26-23-13)12-22-20(25)18-5-4-16-10-15(2-3-17(16)11-18)14-6-8-21-9-7-14/h2-11H,12H2,1H3,(H,22,25). The molecule has 1 amide bonds. The van der Waals surface area contributed by atoms with Gasteiger partial charge in [-0.05, 0) is 59.2 Å². The first-order chi connectivity index (χ1) is 12.7. The minimum Gasteiger partial charge on any atom is -0.346 e. The molecule has 0 saturated heterocycles. The average molecular weight is 344 g/mol. The van der Waals surface area contributed by atoms with E-state index < -0.39 is 0 Å². The molecular formula is C20H16N4O2. The van der Waals surface area contributed by atoms with Gasteiger partial charge in [-0.15, -0.1) is 0 Å². The Bertz CT molecular complexity index is 1070. The molecule has 2 aromatic heterocycles. The van der Waals surface area contributed by atoms with E-state index in [4.69, 9.17) is 0 Å². The van der Waals surface area contributed by atoms with Crippen LogP contribution in [0.5, 0.6) is 0 Å². The molecule has 26 heavy (non-hydrogen) atoms. The van der Waals surface area contributed by atoms with Crippen LogP contribution in [0.2, 0.25) is 0 Å². The van der Waals surface area contributed by atoms with E-state index in [1.807, 2.05) is 42.5 Å². The van der Waals surface area contributed by atoms with Crippen LogP contribution in [0.1, 0.15) is 21.7 Å². The molecule has 0 unspecified atom stereocenters. The fourth-order valence-electron chi connectivity index (χ4n) is 2.79. The van der Waals surface area contributed by atoms with Gasteiger partial charge in [0.1, 0.15) is 11.4 Å². The van der Waals surface area contributed by atoms with Crippen molar-refractivity contribution in [3.8, 4) is 11.1 Å². The maximum absolute atomic E-state index is 12.4. The molecule has 0 bridgehead atoms. The van der Waals surface area contributed by atoms with Gasteiger partial charge in [0, 0.05) is 18.0 Å². The third kappa shape index (κ3) is 3.17. The molecule has 4 rings (SSSR count). The largest absolute Gasteiger partial charge is 0.346 e. The number of aromatic nitrogens is 3. The fourth-order valence-corrected chi connectivity index (χ4v) is 2.79. The smallest absolute Gasteiger partial charge is 0.251 e. The first-order valence-corrected chi connectivity index (χ1v) is 8.21. The Morgan fingerprint density at radius 2 is 1.73 bits per heavy atom. The molecular weight excluding hydrogens is 328 g/mol. The maximum Gasteiger partial charge on any atom is 0.251 e. The van der Waals surface area contributed by atoms with Gasteiger partial charge in [-0.25, -0.2) is 4.63 Å². The number of carbonyl (C=O) groups is 1. The first-order valence-electron chi connectivity index (χ1n) is 8.21. The highest BCUT2D eigenvalue weighted by atomic mass is 16.6. The van der Waals surface area contributed by atoms with Gasteiger partial charge in [0.2, 0.25) is 0 Å². The quantitative estimate of drug-likeness (QED) is 0.612. The molecule has 6 heteroatoms. The van der Waals surface area contributed by atoms with Crippen molar-refractivity contribution in [3.05, 3.63) is 77.9 Å². The molecule has 0 atom stereocenters. The van der Waals surface area contributed by atoms with Gasteiger partial charge in [-0.1, -0.05) is 28.5 Å². The van der Waals surface area contributed by atoms with Gasteiger partial charge in [0.25, 0.3) is 5.91 Å².